The van der Waals surface area contributed by atoms with Crippen molar-refractivity contribution >= 4 is 33.4 Å². The van der Waals surface area contributed by atoms with Crippen molar-refractivity contribution in [3.05, 3.63) is 64.1 Å². The number of carbonyl (C=O) groups is 2. The molecule has 0 radical (unpaired) electrons. The van der Waals surface area contributed by atoms with E-state index < -0.39 is 0 Å². The summed E-state index contributed by atoms with van der Waals surface area (Å²) in [5, 5.41) is 5.75. The molecule has 0 aliphatic heterocycles. The van der Waals surface area contributed by atoms with Crippen molar-refractivity contribution < 1.29 is 9.59 Å². The van der Waals surface area contributed by atoms with Crippen LogP contribution in [-0.2, 0) is 0 Å². The van der Waals surface area contributed by atoms with E-state index in [1.165, 1.54) is 6.42 Å². The minimum Gasteiger partial charge on any atom is -0.352 e. The zero-order chi connectivity index (χ0) is 18.1. The molecule has 0 atom stereocenters. The number of rotatable bonds is 8. The number of hydrogen-bond donors (Lipinski definition) is 2. The molecule has 2 aromatic carbocycles. The highest BCUT2D eigenvalue weighted by Gasteiger charge is 2.15. The molecule has 0 spiro atoms. The Morgan fingerprint density at radius 1 is 0.880 bits per heavy atom. The minimum absolute atomic E-state index is 0.167. The van der Waals surface area contributed by atoms with Crippen LogP contribution >= 0.6 is 15.9 Å². The molecule has 2 N–H and O–H groups in total. The second kappa shape index (κ2) is 9.99. The largest absolute Gasteiger partial charge is 0.352 e. The van der Waals surface area contributed by atoms with Crippen LogP contribution in [0.15, 0.2) is 53.0 Å². The predicted octanol–water partition coefficient (Wildman–Crippen LogP) is 5.01. The highest BCUT2D eigenvalue weighted by Crippen LogP contribution is 2.20. The Morgan fingerprint density at radius 2 is 1.56 bits per heavy atom. The lowest BCUT2D eigenvalue weighted by Crippen LogP contribution is -2.26. The number of unbranched alkanes of at least 4 members (excludes halogenated alkanes) is 3. The van der Waals surface area contributed by atoms with Gasteiger partial charge < -0.3 is 10.6 Å². The molecule has 4 nitrogen and oxygen atoms in total. The molecule has 132 valence electrons. The van der Waals surface area contributed by atoms with Gasteiger partial charge in [0.25, 0.3) is 11.8 Å². The van der Waals surface area contributed by atoms with E-state index in [4.69, 9.17) is 0 Å². The molecule has 2 rings (SSSR count). The zero-order valence-corrected chi connectivity index (χ0v) is 15.9. The Hall–Kier alpha value is -2.14. The second-order valence-electron chi connectivity index (χ2n) is 5.80. The van der Waals surface area contributed by atoms with Crippen molar-refractivity contribution in [2.45, 2.75) is 32.6 Å². The molecule has 0 aromatic heterocycles. The molecule has 0 saturated heterocycles. The average Bonchev–Trinajstić information content (AvgIpc) is 2.62. The smallest absolute Gasteiger partial charge is 0.256 e. The normalized spacial score (nSPS) is 10.3. The van der Waals surface area contributed by atoms with E-state index >= 15 is 0 Å². The fourth-order valence-corrected chi connectivity index (χ4v) is 2.94. The number of nitrogens with one attached hydrogen (secondary N) is 2. The van der Waals surface area contributed by atoms with Crippen LogP contribution in [0.2, 0.25) is 0 Å². The molecule has 25 heavy (non-hydrogen) atoms. The summed E-state index contributed by atoms with van der Waals surface area (Å²) in [7, 11) is 0. The van der Waals surface area contributed by atoms with Crippen molar-refractivity contribution in [3.8, 4) is 0 Å². The van der Waals surface area contributed by atoms with Gasteiger partial charge in [-0.3, -0.25) is 9.59 Å². The van der Waals surface area contributed by atoms with Gasteiger partial charge in [-0.15, -0.1) is 0 Å². The number of amides is 2. The van der Waals surface area contributed by atoms with Crippen LogP contribution < -0.4 is 10.6 Å². The molecule has 0 saturated carbocycles. The first-order valence-corrected chi connectivity index (χ1v) is 9.36. The molecule has 0 aliphatic carbocycles. The lowest BCUT2D eigenvalue weighted by Gasteiger charge is -2.12. The topological polar surface area (TPSA) is 58.2 Å². The van der Waals surface area contributed by atoms with Gasteiger partial charge in [0.1, 0.15) is 0 Å². The molecule has 0 bridgehead atoms. The van der Waals surface area contributed by atoms with Crippen LogP contribution in [0, 0.1) is 0 Å². The van der Waals surface area contributed by atoms with Gasteiger partial charge in [0.2, 0.25) is 0 Å². The summed E-state index contributed by atoms with van der Waals surface area (Å²) in [4.78, 5) is 24.9. The van der Waals surface area contributed by atoms with Gasteiger partial charge in [-0.1, -0.05) is 50.5 Å². The highest BCUT2D eigenvalue weighted by atomic mass is 79.9. The first kappa shape index (κ1) is 19.2. The maximum absolute atomic E-state index is 12.5. The Morgan fingerprint density at radius 3 is 2.28 bits per heavy atom. The van der Waals surface area contributed by atoms with E-state index in [1.807, 2.05) is 12.1 Å². The second-order valence-corrected chi connectivity index (χ2v) is 6.65. The first-order chi connectivity index (χ1) is 12.1. The number of halogens is 1. The van der Waals surface area contributed by atoms with Crippen molar-refractivity contribution in [2.24, 2.45) is 0 Å². The number of hydrogen-bond acceptors (Lipinski definition) is 2. The molecular weight excluding hydrogens is 380 g/mol. The quantitative estimate of drug-likeness (QED) is 0.609. The number of para-hydroxylation sites is 1. The van der Waals surface area contributed by atoms with Gasteiger partial charge in [0.15, 0.2) is 0 Å². The van der Waals surface area contributed by atoms with Crippen LogP contribution in [0.4, 0.5) is 5.69 Å². The zero-order valence-electron chi connectivity index (χ0n) is 14.3. The van der Waals surface area contributed by atoms with Crippen molar-refractivity contribution in [1.82, 2.24) is 5.32 Å². The van der Waals surface area contributed by atoms with Crippen LogP contribution in [-0.4, -0.2) is 18.4 Å². The van der Waals surface area contributed by atoms with E-state index in [2.05, 4.69) is 33.5 Å². The van der Waals surface area contributed by atoms with Gasteiger partial charge in [-0.2, -0.15) is 0 Å². The third kappa shape index (κ3) is 5.71. The predicted molar refractivity (Wildman–Crippen MR) is 105 cm³/mol. The molecule has 2 aromatic rings. The summed E-state index contributed by atoms with van der Waals surface area (Å²) >= 11 is 3.37. The van der Waals surface area contributed by atoms with Gasteiger partial charge in [-0.25, -0.2) is 0 Å². The van der Waals surface area contributed by atoms with Crippen LogP contribution in [0.25, 0.3) is 0 Å². The third-order valence-electron chi connectivity index (χ3n) is 3.85. The first-order valence-electron chi connectivity index (χ1n) is 8.56. The fraction of sp³-hybridized carbons (Fsp3) is 0.300. The summed E-state index contributed by atoms with van der Waals surface area (Å²) in [5.74, 6) is -0.421. The SMILES string of the molecule is CCCCCCNC(=O)c1ccccc1NC(=O)c1ccccc1Br. The molecule has 0 fully saturated rings. The molecule has 0 heterocycles. The number of benzene rings is 2. The van der Waals surface area contributed by atoms with Gasteiger partial charge in [0.05, 0.1) is 16.8 Å². The van der Waals surface area contributed by atoms with Crippen LogP contribution in [0.5, 0.6) is 0 Å². The lowest BCUT2D eigenvalue weighted by atomic mass is 10.1. The Bertz CT molecular complexity index is 731. The third-order valence-corrected chi connectivity index (χ3v) is 4.55. The Labute approximate surface area is 157 Å². The maximum Gasteiger partial charge on any atom is 0.256 e. The minimum atomic E-state index is -0.254. The Balaban J connectivity index is 2.03. The average molecular weight is 403 g/mol. The standard InChI is InChI=1S/C20H23BrN2O2/c1-2-3-4-9-14-22-19(24)16-11-6-8-13-18(16)23-20(25)15-10-5-7-12-17(15)21/h5-8,10-13H,2-4,9,14H2,1H3,(H,22,24)(H,23,25). The van der Waals surface area contributed by atoms with Gasteiger partial charge in [0, 0.05) is 11.0 Å². The van der Waals surface area contributed by atoms with Gasteiger partial charge >= 0.3 is 0 Å². The van der Waals surface area contributed by atoms with E-state index in [0.29, 0.717) is 27.8 Å². The lowest BCUT2D eigenvalue weighted by molar-refractivity contribution is 0.0954. The summed E-state index contributed by atoms with van der Waals surface area (Å²) in [6, 6.07) is 14.2. The monoisotopic (exact) mass is 402 g/mol. The molecule has 0 aliphatic rings. The molecule has 5 heteroatoms. The molecule has 0 unspecified atom stereocenters. The van der Waals surface area contributed by atoms with E-state index in [0.717, 1.165) is 19.3 Å². The molecular formula is C20H23BrN2O2. The number of anilines is 1. The Kier molecular flexibility index (Phi) is 7.67. The maximum atomic E-state index is 12.5. The van der Waals surface area contributed by atoms with Gasteiger partial charge in [-0.05, 0) is 46.6 Å². The van der Waals surface area contributed by atoms with Crippen LogP contribution in [0.3, 0.4) is 0 Å². The van der Waals surface area contributed by atoms with Crippen molar-refractivity contribution in [2.75, 3.05) is 11.9 Å². The van der Waals surface area contributed by atoms with Crippen molar-refractivity contribution in [3.63, 3.8) is 0 Å². The highest BCUT2D eigenvalue weighted by molar-refractivity contribution is 9.10. The number of carbonyl (C=O) groups excluding carboxylic acids is 2. The van der Waals surface area contributed by atoms with E-state index in [1.54, 1.807) is 36.4 Å². The van der Waals surface area contributed by atoms with Crippen LogP contribution in [0.1, 0.15) is 53.3 Å². The van der Waals surface area contributed by atoms with E-state index in [-0.39, 0.29) is 11.8 Å². The summed E-state index contributed by atoms with van der Waals surface area (Å²) in [5.41, 5.74) is 1.50. The summed E-state index contributed by atoms with van der Waals surface area (Å²) in [6.45, 7) is 2.80. The fourth-order valence-electron chi connectivity index (χ4n) is 2.47. The van der Waals surface area contributed by atoms with Crippen molar-refractivity contribution in [1.29, 1.82) is 0 Å². The summed E-state index contributed by atoms with van der Waals surface area (Å²) < 4.78 is 0.713. The summed E-state index contributed by atoms with van der Waals surface area (Å²) in [6.07, 6.45) is 4.41. The van der Waals surface area contributed by atoms with E-state index in [9.17, 15) is 9.59 Å². The molecule has 2 amide bonds.